The molecule has 3 fully saturated rings. The van der Waals surface area contributed by atoms with Crippen molar-refractivity contribution in [3.63, 3.8) is 0 Å². The van der Waals surface area contributed by atoms with Crippen LogP contribution in [0.25, 0.3) is 10.9 Å². The molecule has 1 aromatic heterocycles. The third kappa shape index (κ3) is 5.76. The van der Waals surface area contributed by atoms with Gasteiger partial charge in [-0.3, -0.25) is 29.6 Å². The van der Waals surface area contributed by atoms with Gasteiger partial charge in [0.25, 0.3) is 5.91 Å². The number of pyridine rings is 1. The zero-order valence-corrected chi connectivity index (χ0v) is 24.6. The van der Waals surface area contributed by atoms with E-state index in [0.717, 1.165) is 55.7 Å². The first-order chi connectivity index (χ1) is 20.9. The second-order valence-electron chi connectivity index (χ2n) is 12.5. The number of carbonyl (C=O) groups is 3. The highest BCUT2D eigenvalue weighted by Gasteiger charge is 2.39. The number of likely N-dealkylation sites (tertiary alicyclic amines) is 1. The molecule has 43 heavy (non-hydrogen) atoms. The standard InChI is InChI=1S/C34H38N4O5/c1-42-25-4-2-3-22(16-25)30-10-6-23-15-21(5-9-29(23)35-30)18-37-14-13-27(20-37)43-26-7-8-28-24(17-26)19-38(34(28)41)31-11-12-32(39)36-33(31)40/h5-10,15,17,22,25,27,31H,2-4,11-14,16,18-20H2,1H3,(H,36,39,40)/t22-,25+,27+,31?/m1/s1. The molecule has 3 aliphatic heterocycles. The van der Waals surface area contributed by atoms with Crippen molar-refractivity contribution in [2.75, 3.05) is 20.2 Å². The average Bonchev–Trinajstić information content (AvgIpc) is 3.59. The lowest BCUT2D eigenvalue weighted by atomic mass is 9.84. The number of ether oxygens (including phenoxy) is 2. The van der Waals surface area contributed by atoms with Crippen LogP contribution >= 0.6 is 0 Å². The second-order valence-corrected chi connectivity index (χ2v) is 12.5. The van der Waals surface area contributed by atoms with Crippen LogP contribution in [0.4, 0.5) is 0 Å². The molecule has 1 N–H and O–H groups in total. The molecule has 9 nitrogen and oxygen atoms in total. The van der Waals surface area contributed by atoms with E-state index in [1.54, 1.807) is 11.0 Å². The van der Waals surface area contributed by atoms with Gasteiger partial charge in [-0.25, -0.2) is 0 Å². The summed E-state index contributed by atoms with van der Waals surface area (Å²) < 4.78 is 12.0. The van der Waals surface area contributed by atoms with Gasteiger partial charge in [0.2, 0.25) is 11.8 Å². The van der Waals surface area contributed by atoms with E-state index >= 15 is 0 Å². The molecule has 7 rings (SSSR count). The number of hydrogen-bond acceptors (Lipinski definition) is 7. The molecular formula is C34H38N4O5. The molecule has 4 atom stereocenters. The maximum atomic E-state index is 13.0. The predicted octanol–water partition coefficient (Wildman–Crippen LogP) is 4.32. The van der Waals surface area contributed by atoms with Gasteiger partial charge in [0.05, 0.1) is 11.6 Å². The number of imide groups is 1. The van der Waals surface area contributed by atoms with Crippen molar-refractivity contribution in [1.82, 2.24) is 20.1 Å². The summed E-state index contributed by atoms with van der Waals surface area (Å²) in [5, 5.41) is 3.53. The van der Waals surface area contributed by atoms with Crippen LogP contribution in [-0.4, -0.2) is 71.0 Å². The fraction of sp³-hybridized carbons (Fsp3) is 0.471. The smallest absolute Gasteiger partial charge is 0.255 e. The number of carbonyl (C=O) groups excluding carboxylic acids is 3. The fourth-order valence-corrected chi connectivity index (χ4v) is 7.26. The maximum Gasteiger partial charge on any atom is 0.255 e. The van der Waals surface area contributed by atoms with Gasteiger partial charge in [-0.2, -0.15) is 0 Å². The molecule has 0 spiro atoms. The van der Waals surface area contributed by atoms with Gasteiger partial charge in [-0.05, 0) is 79.6 Å². The first kappa shape index (κ1) is 28.0. The van der Waals surface area contributed by atoms with Gasteiger partial charge in [0.15, 0.2) is 0 Å². The van der Waals surface area contributed by atoms with Crippen molar-refractivity contribution >= 4 is 28.6 Å². The Bertz CT molecular complexity index is 1570. The fourth-order valence-electron chi connectivity index (χ4n) is 7.26. The number of methoxy groups -OCH3 is 1. The maximum absolute atomic E-state index is 13.0. The number of amides is 3. The lowest BCUT2D eigenvalue weighted by Gasteiger charge is -2.29. The Hall–Kier alpha value is -3.82. The molecule has 1 aliphatic carbocycles. The van der Waals surface area contributed by atoms with Gasteiger partial charge in [-0.1, -0.05) is 18.6 Å². The SMILES string of the molecule is CO[C@H]1CCC[C@@H](c2ccc3cc(CN4CC[C@H](Oc5ccc6c(c5)CN(C5CCC(=O)NC5=O)C6=O)C4)ccc3n2)C1. The van der Waals surface area contributed by atoms with Crippen molar-refractivity contribution in [2.24, 2.45) is 0 Å². The molecule has 4 aliphatic rings. The number of fused-ring (bicyclic) bond motifs is 2. The number of nitrogens with one attached hydrogen (secondary N) is 1. The van der Waals surface area contributed by atoms with E-state index in [1.807, 2.05) is 19.2 Å². The average molecular weight is 583 g/mol. The monoisotopic (exact) mass is 582 g/mol. The normalized spacial score (nSPS) is 26.2. The lowest BCUT2D eigenvalue weighted by Crippen LogP contribution is -2.52. The first-order valence-electron chi connectivity index (χ1n) is 15.5. The Morgan fingerprint density at radius 1 is 0.977 bits per heavy atom. The minimum absolute atomic E-state index is 0.0671. The van der Waals surface area contributed by atoms with Gasteiger partial charge in [-0.15, -0.1) is 0 Å². The summed E-state index contributed by atoms with van der Waals surface area (Å²) in [5.74, 6) is 0.366. The highest BCUT2D eigenvalue weighted by molar-refractivity contribution is 6.05. The van der Waals surface area contributed by atoms with Gasteiger partial charge in [0.1, 0.15) is 17.9 Å². The van der Waals surface area contributed by atoms with E-state index in [1.165, 1.54) is 29.5 Å². The van der Waals surface area contributed by atoms with Crippen LogP contribution in [0, 0.1) is 0 Å². The Morgan fingerprint density at radius 3 is 2.74 bits per heavy atom. The van der Waals surface area contributed by atoms with Crippen molar-refractivity contribution in [2.45, 2.75) is 82.2 Å². The molecule has 1 unspecified atom stereocenters. The number of nitrogens with zero attached hydrogens (tertiary/aromatic N) is 3. The van der Waals surface area contributed by atoms with E-state index in [-0.39, 0.29) is 24.3 Å². The van der Waals surface area contributed by atoms with Crippen LogP contribution in [0.1, 0.15) is 78.0 Å². The lowest BCUT2D eigenvalue weighted by molar-refractivity contribution is -0.136. The van der Waals surface area contributed by atoms with Gasteiger partial charge < -0.3 is 14.4 Å². The quantitative estimate of drug-likeness (QED) is 0.414. The number of benzene rings is 2. The van der Waals surface area contributed by atoms with Crippen LogP contribution in [0.3, 0.4) is 0 Å². The molecule has 2 saturated heterocycles. The minimum atomic E-state index is -0.612. The summed E-state index contributed by atoms with van der Waals surface area (Å²) in [5.41, 5.74) is 4.96. The van der Waals surface area contributed by atoms with Crippen LogP contribution < -0.4 is 10.1 Å². The first-order valence-corrected chi connectivity index (χ1v) is 15.5. The Balaban J connectivity index is 0.953. The van der Waals surface area contributed by atoms with Crippen LogP contribution in [0.15, 0.2) is 48.5 Å². The molecule has 1 saturated carbocycles. The Kier molecular flexibility index (Phi) is 7.61. The number of aromatic nitrogens is 1. The van der Waals surface area contributed by atoms with Crippen LogP contribution in [-0.2, 0) is 27.4 Å². The van der Waals surface area contributed by atoms with Gasteiger partial charge in [0, 0.05) is 62.3 Å². The highest BCUT2D eigenvalue weighted by atomic mass is 16.5. The molecule has 9 heteroatoms. The molecule has 3 amide bonds. The molecular weight excluding hydrogens is 544 g/mol. The van der Waals surface area contributed by atoms with E-state index in [0.29, 0.717) is 30.6 Å². The van der Waals surface area contributed by atoms with Crippen molar-refractivity contribution < 1.29 is 23.9 Å². The summed E-state index contributed by atoms with van der Waals surface area (Å²) in [6.07, 6.45) is 6.51. The molecule has 224 valence electrons. The van der Waals surface area contributed by atoms with Gasteiger partial charge >= 0.3 is 0 Å². The summed E-state index contributed by atoms with van der Waals surface area (Å²) in [6.45, 7) is 2.99. The summed E-state index contributed by atoms with van der Waals surface area (Å²) in [6, 6.07) is 16.0. The molecule has 3 aromatic rings. The summed E-state index contributed by atoms with van der Waals surface area (Å²) in [7, 11) is 1.81. The Morgan fingerprint density at radius 2 is 1.88 bits per heavy atom. The largest absolute Gasteiger partial charge is 0.489 e. The topological polar surface area (TPSA) is 101 Å². The summed E-state index contributed by atoms with van der Waals surface area (Å²) in [4.78, 5) is 45.9. The number of rotatable bonds is 7. The van der Waals surface area contributed by atoms with E-state index < -0.39 is 11.9 Å². The van der Waals surface area contributed by atoms with E-state index in [2.05, 4.69) is 40.5 Å². The third-order valence-corrected chi connectivity index (χ3v) is 9.59. The van der Waals surface area contributed by atoms with Crippen LogP contribution in [0.5, 0.6) is 5.75 Å². The van der Waals surface area contributed by atoms with Crippen molar-refractivity contribution in [3.05, 3.63) is 70.9 Å². The molecule has 4 heterocycles. The van der Waals surface area contributed by atoms with Crippen LogP contribution in [0.2, 0.25) is 0 Å². The molecule has 0 radical (unpaired) electrons. The zero-order valence-electron chi connectivity index (χ0n) is 24.6. The van der Waals surface area contributed by atoms with Crippen molar-refractivity contribution in [3.8, 4) is 5.75 Å². The molecule has 0 bridgehead atoms. The number of hydrogen-bond donors (Lipinski definition) is 1. The number of piperidine rings is 1. The highest BCUT2D eigenvalue weighted by Crippen LogP contribution is 2.34. The molecule has 2 aromatic carbocycles. The van der Waals surface area contributed by atoms with E-state index in [9.17, 15) is 14.4 Å². The van der Waals surface area contributed by atoms with E-state index in [4.69, 9.17) is 14.5 Å². The predicted molar refractivity (Wildman–Crippen MR) is 161 cm³/mol. The second kappa shape index (κ2) is 11.7. The summed E-state index contributed by atoms with van der Waals surface area (Å²) >= 11 is 0. The zero-order chi connectivity index (χ0) is 29.5. The minimum Gasteiger partial charge on any atom is -0.489 e. The third-order valence-electron chi connectivity index (χ3n) is 9.59. The Labute approximate surface area is 251 Å². The van der Waals surface area contributed by atoms with Crippen molar-refractivity contribution in [1.29, 1.82) is 0 Å².